The van der Waals surface area contributed by atoms with Gasteiger partial charge in [-0.05, 0) is 42.0 Å². The van der Waals surface area contributed by atoms with Gasteiger partial charge in [-0.3, -0.25) is 9.59 Å². The summed E-state index contributed by atoms with van der Waals surface area (Å²) in [6, 6.07) is 23.7. The molecule has 0 aliphatic rings. The molecule has 3 aromatic rings. The molecule has 0 aliphatic carbocycles. The standard InChI is InChI=1S/C23H22N2O4/c1-28-16-22(26)25-18-9-7-8-17(14-18)15-24-23(27)20-12-5-6-13-21(20)29-19-10-3-2-4-11-19/h2-14H,15-16H2,1H3,(H,24,27)(H,25,26). The van der Waals surface area contributed by atoms with Crippen LogP contribution in [-0.2, 0) is 16.1 Å². The van der Waals surface area contributed by atoms with Crippen molar-refractivity contribution in [3.8, 4) is 11.5 Å². The summed E-state index contributed by atoms with van der Waals surface area (Å²) < 4.78 is 10.7. The van der Waals surface area contributed by atoms with E-state index in [4.69, 9.17) is 9.47 Å². The lowest BCUT2D eigenvalue weighted by molar-refractivity contribution is -0.119. The molecule has 3 aromatic carbocycles. The molecule has 0 spiro atoms. The Balaban J connectivity index is 1.65. The van der Waals surface area contributed by atoms with Crippen molar-refractivity contribution in [3.63, 3.8) is 0 Å². The van der Waals surface area contributed by atoms with E-state index in [9.17, 15) is 9.59 Å². The fraction of sp³-hybridized carbons (Fsp3) is 0.130. The number of benzene rings is 3. The average Bonchev–Trinajstić information content (AvgIpc) is 2.73. The normalized spacial score (nSPS) is 10.2. The third-order valence-electron chi connectivity index (χ3n) is 4.04. The predicted octanol–water partition coefficient (Wildman–Crippen LogP) is 3.99. The number of ether oxygens (including phenoxy) is 2. The minimum atomic E-state index is -0.245. The van der Waals surface area contributed by atoms with Crippen molar-refractivity contribution in [2.24, 2.45) is 0 Å². The molecule has 6 heteroatoms. The van der Waals surface area contributed by atoms with Crippen molar-refractivity contribution in [2.75, 3.05) is 19.0 Å². The Hall–Kier alpha value is -3.64. The number of methoxy groups -OCH3 is 1. The molecule has 2 amide bonds. The Kier molecular flexibility index (Phi) is 6.97. The Labute approximate surface area is 169 Å². The Bertz CT molecular complexity index is 973. The molecule has 148 valence electrons. The third kappa shape index (κ3) is 5.92. The van der Waals surface area contributed by atoms with E-state index < -0.39 is 0 Å². The smallest absolute Gasteiger partial charge is 0.255 e. The number of amides is 2. The predicted molar refractivity (Wildman–Crippen MR) is 111 cm³/mol. The lowest BCUT2D eigenvalue weighted by Gasteiger charge is -2.12. The van der Waals surface area contributed by atoms with Gasteiger partial charge in [0.1, 0.15) is 18.1 Å². The molecule has 3 rings (SSSR count). The van der Waals surface area contributed by atoms with Gasteiger partial charge in [-0.15, -0.1) is 0 Å². The zero-order valence-corrected chi connectivity index (χ0v) is 16.1. The quantitative estimate of drug-likeness (QED) is 0.610. The van der Waals surface area contributed by atoms with Crippen LogP contribution in [0, 0.1) is 0 Å². The maximum absolute atomic E-state index is 12.7. The van der Waals surface area contributed by atoms with Crippen molar-refractivity contribution < 1.29 is 19.1 Å². The van der Waals surface area contributed by atoms with Crippen LogP contribution in [0.4, 0.5) is 5.69 Å². The average molecular weight is 390 g/mol. The number of nitrogens with one attached hydrogen (secondary N) is 2. The maximum atomic E-state index is 12.7. The van der Waals surface area contributed by atoms with Crippen molar-refractivity contribution in [1.29, 1.82) is 0 Å². The summed E-state index contributed by atoms with van der Waals surface area (Å²) in [6.07, 6.45) is 0. The number of anilines is 1. The van der Waals surface area contributed by atoms with Crippen LogP contribution in [0.1, 0.15) is 15.9 Å². The third-order valence-corrected chi connectivity index (χ3v) is 4.04. The van der Waals surface area contributed by atoms with Gasteiger partial charge < -0.3 is 20.1 Å². The lowest BCUT2D eigenvalue weighted by Crippen LogP contribution is -2.23. The lowest BCUT2D eigenvalue weighted by atomic mass is 10.1. The second-order valence-corrected chi connectivity index (χ2v) is 6.28. The van der Waals surface area contributed by atoms with Crippen molar-refractivity contribution in [2.45, 2.75) is 6.54 Å². The first-order valence-corrected chi connectivity index (χ1v) is 9.13. The van der Waals surface area contributed by atoms with E-state index in [1.807, 2.05) is 48.5 Å². The molecular formula is C23H22N2O4. The number of rotatable bonds is 8. The Morgan fingerprint density at radius 1 is 0.897 bits per heavy atom. The first kappa shape index (κ1) is 20.1. The van der Waals surface area contributed by atoms with Crippen LogP contribution in [0.25, 0.3) is 0 Å². The van der Waals surface area contributed by atoms with E-state index in [2.05, 4.69) is 10.6 Å². The maximum Gasteiger partial charge on any atom is 0.255 e. The van der Waals surface area contributed by atoms with Gasteiger partial charge in [0.15, 0.2) is 0 Å². The number of hydrogen-bond acceptors (Lipinski definition) is 4. The zero-order valence-electron chi connectivity index (χ0n) is 16.1. The molecule has 2 N–H and O–H groups in total. The Morgan fingerprint density at radius 3 is 2.45 bits per heavy atom. The van der Waals surface area contributed by atoms with E-state index in [0.29, 0.717) is 29.3 Å². The molecule has 0 aromatic heterocycles. The molecule has 0 atom stereocenters. The molecule has 0 saturated heterocycles. The minimum absolute atomic E-state index is 0.0147. The zero-order chi connectivity index (χ0) is 20.5. The van der Waals surface area contributed by atoms with E-state index in [1.54, 1.807) is 30.3 Å². The molecular weight excluding hydrogens is 368 g/mol. The summed E-state index contributed by atoms with van der Waals surface area (Å²) in [5.41, 5.74) is 1.95. The van der Waals surface area contributed by atoms with Gasteiger partial charge in [-0.25, -0.2) is 0 Å². The molecule has 0 unspecified atom stereocenters. The summed E-state index contributed by atoms with van der Waals surface area (Å²) in [5.74, 6) is 0.662. The summed E-state index contributed by atoms with van der Waals surface area (Å²) in [4.78, 5) is 24.3. The molecule has 0 radical (unpaired) electrons. The highest BCUT2D eigenvalue weighted by molar-refractivity contribution is 5.97. The summed E-state index contributed by atoms with van der Waals surface area (Å²) in [7, 11) is 1.46. The van der Waals surface area contributed by atoms with E-state index in [0.717, 1.165) is 5.56 Å². The largest absolute Gasteiger partial charge is 0.457 e. The monoisotopic (exact) mass is 390 g/mol. The molecule has 0 fully saturated rings. The molecule has 6 nitrogen and oxygen atoms in total. The number of hydrogen-bond donors (Lipinski definition) is 2. The van der Waals surface area contributed by atoms with Gasteiger partial charge in [-0.1, -0.05) is 42.5 Å². The Morgan fingerprint density at radius 2 is 1.66 bits per heavy atom. The number of para-hydroxylation sites is 2. The van der Waals surface area contributed by atoms with Crippen LogP contribution in [-0.4, -0.2) is 25.5 Å². The van der Waals surface area contributed by atoms with Gasteiger partial charge in [0.25, 0.3) is 5.91 Å². The topological polar surface area (TPSA) is 76.7 Å². The SMILES string of the molecule is COCC(=O)Nc1cccc(CNC(=O)c2ccccc2Oc2ccccc2)c1. The van der Waals surface area contributed by atoms with E-state index >= 15 is 0 Å². The minimum Gasteiger partial charge on any atom is -0.457 e. The van der Waals surface area contributed by atoms with E-state index in [-0.39, 0.29) is 18.4 Å². The van der Waals surface area contributed by atoms with Gasteiger partial charge >= 0.3 is 0 Å². The molecule has 0 saturated carbocycles. The van der Waals surface area contributed by atoms with Crippen LogP contribution in [0.5, 0.6) is 11.5 Å². The van der Waals surface area contributed by atoms with Gasteiger partial charge in [0.2, 0.25) is 5.91 Å². The summed E-state index contributed by atoms with van der Waals surface area (Å²) in [5, 5.41) is 5.63. The first-order chi connectivity index (χ1) is 14.2. The summed E-state index contributed by atoms with van der Waals surface area (Å²) in [6.45, 7) is 0.297. The van der Waals surface area contributed by atoms with Crippen molar-refractivity contribution in [1.82, 2.24) is 5.32 Å². The van der Waals surface area contributed by atoms with Crippen LogP contribution in [0.2, 0.25) is 0 Å². The second kappa shape index (κ2) is 10.1. The van der Waals surface area contributed by atoms with Gasteiger partial charge in [-0.2, -0.15) is 0 Å². The molecule has 0 aliphatic heterocycles. The highest BCUT2D eigenvalue weighted by Crippen LogP contribution is 2.25. The number of carbonyl (C=O) groups excluding carboxylic acids is 2. The highest BCUT2D eigenvalue weighted by Gasteiger charge is 2.13. The van der Waals surface area contributed by atoms with Crippen LogP contribution in [0.15, 0.2) is 78.9 Å². The number of carbonyl (C=O) groups is 2. The molecule has 0 heterocycles. The van der Waals surface area contributed by atoms with Crippen LogP contribution >= 0.6 is 0 Å². The van der Waals surface area contributed by atoms with Crippen molar-refractivity contribution >= 4 is 17.5 Å². The fourth-order valence-electron chi connectivity index (χ4n) is 2.72. The second-order valence-electron chi connectivity index (χ2n) is 6.28. The molecule has 0 bridgehead atoms. The first-order valence-electron chi connectivity index (χ1n) is 9.13. The van der Waals surface area contributed by atoms with Crippen molar-refractivity contribution in [3.05, 3.63) is 90.0 Å². The van der Waals surface area contributed by atoms with Gasteiger partial charge in [0, 0.05) is 19.3 Å². The molecule has 29 heavy (non-hydrogen) atoms. The highest BCUT2D eigenvalue weighted by atomic mass is 16.5. The van der Waals surface area contributed by atoms with E-state index in [1.165, 1.54) is 7.11 Å². The summed E-state index contributed by atoms with van der Waals surface area (Å²) >= 11 is 0. The van der Waals surface area contributed by atoms with Gasteiger partial charge in [0.05, 0.1) is 5.56 Å². The van der Waals surface area contributed by atoms with Crippen LogP contribution in [0.3, 0.4) is 0 Å². The fourth-order valence-corrected chi connectivity index (χ4v) is 2.72. The van der Waals surface area contributed by atoms with Crippen LogP contribution < -0.4 is 15.4 Å².